The monoisotopic (exact) mass is 467 g/mol. The van der Waals surface area contributed by atoms with Crippen LogP contribution >= 0.6 is 11.3 Å². The Bertz CT molecular complexity index is 1110. The molecular weight excluding hydrogens is 446 g/mol. The van der Waals surface area contributed by atoms with Crippen LogP contribution in [0.2, 0.25) is 0 Å². The van der Waals surface area contributed by atoms with Crippen molar-refractivity contribution in [1.29, 1.82) is 0 Å². The lowest BCUT2D eigenvalue weighted by atomic mass is 10.2. The van der Waals surface area contributed by atoms with Crippen molar-refractivity contribution < 1.29 is 27.7 Å². The van der Waals surface area contributed by atoms with Crippen molar-refractivity contribution in [2.45, 2.75) is 31.1 Å². The molecule has 1 saturated heterocycles. The highest BCUT2D eigenvalue weighted by molar-refractivity contribution is 7.89. The minimum Gasteiger partial charge on any atom is -0.451 e. The number of thiophene rings is 1. The Kier molecular flexibility index (Phi) is 7.03. The third-order valence-corrected chi connectivity index (χ3v) is 7.65. The lowest BCUT2D eigenvalue weighted by Gasteiger charge is -2.26. The summed E-state index contributed by atoms with van der Waals surface area (Å²) in [6.07, 6.45) is 2.62. The summed E-state index contributed by atoms with van der Waals surface area (Å²) in [5, 5.41) is 13.0. The third-order valence-electron chi connectivity index (χ3n) is 4.74. The maximum absolute atomic E-state index is 12.9. The summed E-state index contributed by atoms with van der Waals surface area (Å²) in [5.74, 6) is -1.51. The number of rotatable bonds is 7. The molecule has 1 N–H and O–H groups in total. The molecule has 0 aliphatic carbocycles. The molecule has 1 fully saturated rings. The zero-order chi connectivity index (χ0) is 22.6. The molecule has 10 nitrogen and oxygen atoms in total. The first-order valence-electron chi connectivity index (χ1n) is 9.50. The van der Waals surface area contributed by atoms with Crippen molar-refractivity contribution in [2.24, 2.45) is 0 Å². The Morgan fingerprint density at radius 1 is 1.19 bits per heavy atom. The molecule has 12 heteroatoms. The number of nitrogens with one attached hydrogen (secondary N) is 1. The number of amides is 1. The predicted octanol–water partition coefficient (Wildman–Crippen LogP) is 2.93. The molecule has 166 valence electrons. The number of benzene rings is 1. The van der Waals surface area contributed by atoms with E-state index in [0.717, 1.165) is 19.3 Å². The van der Waals surface area contributed by atoms with E-state index in [0.29, 0.717) is 35.7 Å². The van der Waals surface area contributed by atoms with Crippen molar-refractivity contribution in [3.8, 4) is 0 Å². The molecule has 1 aromatic carbocycles. The maximum atomic E-state index is 12.9. The van der Waals surface area contributed by atoms with E-state index < -0.39 is 33.4 Å². The van der Waals surface area contributed by atoms with Crippen LogP contribution in [0.25, 0.3) is 0 Å². The number of piperidine rings is 1. The highest BCUT2D eigenvalue weighted by Gasteiger charge is 2.26. The van der Waals surface area contributed by atoms with Crippen molar-refractivity contribution in [3.63, 3.8) is 0 Å². The number of aryl methyl sites for hydroxylation is 1. The Labute approximate surface area is 183 Å². The van der Waals surface area contributed by atoms with Gasteiger partial charge in [0.25, 0.3) is 5.91 Å². The summed E-state index contributed by atoms with van der Waals surface area (Å²) in [5.41, 5.74) is 0.942. The largest absolute Gasteiger partial charge is 0.451 e. The lowest BCUT2D eigenvalue weighted by Crippen LogP contribution is -2.35. The van der Waals surface area contributed by atoms with E-state index in [-0.39, 0.29) is 14.8 Å². The zero-order valence-corrected chi connectivity index (χ0v) is 18.3. The number of anilines is 1. The number of ether oxygens (including phenoxy) is 1. The van der Waals surface area contributed by atoms with Crippen LogP contribution in [0.3, 0.4) is 0 Å². The van der Waals surface area contributed by atoms with E-state index in [1.807, 2.05) is 0 Å². The van der Waals surface area contributed by atoms with Crippen molar-refractivity contribution >= 4 is 43.9 Å². The molecule has 0 atom stereocenters. The number of hydrogen-bond acceptors (Lipinski definition) is 8. The number of nitro groups is 1. The van der Waals surface area contributed by atoms with Gasteiger partial charge >= 0.3 is 11.0 Å². The van der Waals surface area contributed by atoms with E-state index >= 15 is 0 Å². The van der Waals surface area contributed by atoms with E-state index in [1.54, 1.807) is 13.0 Å². The average Bonchev–Trinajstić information content (AvgIpc) is 3.25. The van der Waals surface area contributed by atoms with Gasteiger partial charge in [0.2, 0.25) is 10.0 Å². The molecule has 0 radical (unpaired) electrons. The van der Waals surface area contributed by atoms with Crippen LogP contribution in [0.15, 0.2) is 35.2 Å². The Morgan fingerprint density at radius 2 is 1.90 bits per heavy atom. The molecule has 3 rings (SSSR count). The van der Waals surface area contributed by atoms with Crippen LogP contribution < -0.4 is 5.32 Å². The van der Waals surface area contributed by atoms with Gasteiger partial charge in [-0.05, 0) is 43.5 Å². The topological polar surface area (TPSA) is 136 Å². The van der Waals surface area contributed by atoms with E-state index in [9.17, 15) is 28.1 Å². The fraction of sp³-hybridized carbons (Fsp3) is 0.368. The highest BCUT2D eigenvalue weighted by Crippen LogP contribution is 2.26. The Morgan fingerprint density at radius 3 is 2.55 bits per heavy atom. The second-order valence-electron chi connectivity index (χ2n) is 6.96. The molecule has 2 aromatic rings. The summed E-state index contributed by atoms with van der Waals surface area (Å²) < 4.78 is 32.0. The summed E-state index contributed by atoms with van der Waals surface area (Å²) in [4.78, 5) is 34.3. The van der Waals surface area contributed by atoms with Crippen molar-refractivity contribution in [2.75, 3.05) is 25.0 Å². The van der Waals surface area contributed by atoms with Gasteiger partial charge < -0.3 is 10.1 Å². The van der Waals surface area contributed by atoms with Gasteiger partial charge in [0.15, 0.2) is 6.61 Å². The second-order valence-corrected chi connectivity index (χ2v) is 9.96. The maximum Gasteiger partial charge on any atom is 0.349 e. The van der Waals surface area contributed by atoms with Crippen LogP contribution in [0.5, 0.6) is 0 Å². The molecule has 0 bridgehead atoms. The molecule has 1 amide bonds. The SMILES string of the molecule is Cc1ccc(S(=O)(=O)N2CCCCC2)cc1NC(=O)COC(=O)c1ccc([N+](=O)[O-])s1. The summed E-state index contributed by atoms with van der Waals surface area (Å²) >= 11 is 0.649. The number of esters is 1. The van der Waals surface area contributed by atoms with Gasteiger partial charge in [0, 0.05) is 24.8 Å². The third kappa shape index (κ3) is 5.46. The van der Waals surface area contributed by atoms with Gasteiger partial charge in [-0.3, -0.25) is 14.9 Å². The highest BCUT2D eigenvalue weighted by atomic mass is 32.2. The molecule has 1 aliphatic rings. The van der Waals surface area contributed by atoms with Gasteiger partial charge in [-0.1, -0.05) is 23.8 Å². The van der Waals surface area contributed by atoms with Gasteiger partial charge in [-0.2, -0.15) is 4.31 Å². The second kappa shape index (κ2) is 9.54. The van der Waals surface area contributed by atoms with Gasteiger partial charge in [-0.25, -0.2) is 13.2 Å². The lowest BCUT2D eigenvalue weighted by molar-refractivity contribution is -0.380. The first-order chi connectivity index (χ1) is 14.7. The zero-order valence-electron chi connectivity index (χ0n) is 16.7. The fourth-order valence-electron chi connectivity index (χ4n) is 3.07. The van der Waals surface area contributed by atoms with Crippen LogP contribution in [-0.2, 0) is 19.6 Å². The van der Waals surface area contributed by atoms with Gasteiger partial charge in [-0.15, -0.1) is 0 Å². The summed E-state index contributed by atoms with van der Waals surface area (Å²) in [6.45, 7) is 2.03. The Balaban J connectivity index is 1.64. The van der Waals surface area contributed by atoms with Gasteiger partial charge in [0.1, 0.15) is 4.88 Å². The van der Waals surface area contributed by atoms with Gasteiger partial charge in [0.05, 0.1) is 9.82 Å². The number of hydrogen-bond donors (Lipinski definition) is 1. The standard InChI is InChI=1S/C19H21N3O7S2/c1-13-5-6-14(31(27,28)21-9-3-2-4-10-21)11-15(13)20-17(23)12-29-19(24)16-7-8-18(30-16)22(25)26/h5-8,11H,2-4,9-10,12H2,1H3,(H,20,23). The number of sulfonamides is 1. The molecule has 2 heterocycles. The van der Waals surface area contributed by atoms with Crippen molar-refractivity contribution in [3.05, 3.63) is 50.9 Å². The summed E-state index contributed by atoms with van der Waals surface area (Å²) in [6, 6.07) is 6.92. The molecule has 0 spiro atoms. The molecule has 0 saturated carbocycles. The minimum atomic E-state index is -3.66. The van der Waals surface area contributed by atoms with E-state index in [1.165, 1.54) is 28.6 Å². The molecule has 0 unspecified atom stereocenters. The molecule has 31 heavy (non-hydrogen) atoms. The van der Waals surface area contributed by atoms with Crippen LogP contribution in [0.1, 0.15) is 34.5 Å². The minimum absolute atomic E-state index is 0.00491. The van der Waals surface area contributed by atoms with E-state index in [2.05, 4.69) is 5.32 Å². The Hall–Kier alpha value is -2.83. The molecule has 1 aromatic heterocycles. The first-order valence-corrected chi connectivity index (χ1v) is 11.8. The molecule has 1 aliphatic heterocycles. The first kappa shape index (κ1) is 22.8. The van der Waals surface area contributed by atoms with Crippen molar-refractivity contribution in [1.82, 2.24) is 4.31 Å². The average molecular weight is 468 g/mol. The number of nitrogens with zero attached hydrogens (tertiary/aromatic N) is 2. The quantitative estimate of drug-likeness (QED) is 0.376. The fourth-order valence-corrected chi connectivity index (χ4v) is 5.33. The normalized spacial score (nSPS) is 14.7. The number of carbonyl (C=O) groups is 2. The summed E-state index contributed by atoms with van der Waals surface area (Å²) in [7, 11) is -3.66. The smallest absolute Gasteiger partial charge is 0.349 e. The van der Waals surface area contributed by atoms with Crippen LogP contribution in [0, 0.1) is 17.0 Å². The van der Waals surface area contributed by atoms with Crippen LogP contribution in [-0.4, -0.2) is 49.2 Å². The molecular formula is C19H21N3O7S2. The van der Waals surface area contributed by atoms with Crippen LogP contribution in [0.4, 0.5) is 10.7 Å². The van der Waals surface area contributed by atoms with E-state index in [4.69, 9.17) is 4.74 Å². The number of carbonyl (C=O) groups excluding carboxylic acids is 2. The predicted molar refractivity (Wildman–Crippen MR) is 114 cm³/mol.